The summed E-state index contributed by atoms with van der Waals surface area (Å²) in [6.45, 7) is 8.06. The van der Waals surface area contributed by atoms with Crippen molar-refractivity contribution in [3.05, 3.63) is 12.4 Å². The molecule has 1 unspecified atom stereocenters. The summed E-state index contributed by atoms with van der Waals surface area (Å²) in [5.74, 6) is 0. The van der Waals surface area contributed by atoms with Gasteiger partial charge >= 0.3 is 0 Å². The molecule has 0 aromatic carbocycles. The van der Waals surface area contributed by atoms with Gasteiger partial charge in [0.05, 0.1) is 11.9 Å². The first-order chi connectivity index (χ1) is 8.36. The third-order valence-corrected chi connectivity index (χ3v) is 4.11. The molecule has 17 heavy (non-hydrogen) atoms. The van der Waals surface area contributed by atoms with Gasteiger partial charge in [0.1, 0.15) is 0 Å². The van der Waals surface area contributed by atoms with Crippen LogP contribution in [-0.4, -0.2) is 46.9 Å². The van der Waals surface area contributed by atoms with Crippen LogP contribution in [0.15, 0.2) is 12.4 Å². The molecule has 1 atom stereocenters. The normalized spacial score (nSPS) is 25.9. The number of aryl methyl sites for hydroxylation is 1. The molecule has 1 aromatic rings. The Morgan fingerprint density at radius 1 is 1.29 bits per heavy atom. The predicted octanol–water partition coefficient (Wildman–Crippen LogP) is 1.58. The van der Waals surface area contributed by atoms with E-state index < -0.39 is 0 Å². The third kappa shape index (κ3) is 2.18. The van der Waals surface area contributed by atoms with Gasteiger partial charge in [-0.15, -0.1) is 0 Å². The lowest BCUT2D eigenvalue weighted by Crippen LogP contribution is -2.36. The lowest BCUT2D eigenvalue weighted by molar-refractivity contribution is 0.273. The van der Waals surface area contributed by atoms with Crippen molar-refractivity contribution in [2.24, 2.45) is 0 Å². The van der Waals surface area contributed by atoms with Crippen LogP contribution in [0.2, 0.25) is 0 Å². The van der Waals surface area contributed by atoms with Crippen molar-refractivity contribution in [2.75, 3.05) is 31.1 Å². The van der Waals surface area contributed by atoms with Crippen LogP contribution in [-0.2, 0) is 6.54 Å². The summed E-state index contributed by atoms with van der Waals surface area (Å²) in [7, 11) is 0. The maximum atomic E-state index is 4.39. The first kappa shape index (κ1) is 11.1. The molecule has 2 aliphatic rings. The number of aromatic nitrogens is 2. The van der Waals surface area contributed by atoms with Crippen molar-refractivity contribution in [3.8, 4) is 0 Å². The monoisotopic (exact) mass is 234 g/mol. The van der Waals surface area contributed by atoms with Crippen LogP contribution < -0.4 is 4.90 Å². The van der Waals surface area contributed by atoms with Gasteiger partial charge in [-0.2, -0.15) is 5.10 Å². The molecule has 0 spiro atoms. The highest BCUT2D eigenvalue weighted by atomic mass is 15.3. The second-order valence-corrected chi connectivity index (χ2v) is 5.19. The second-order valence-electron chi connectivity index (χ2n) is 5.19. The first-order valence-corrected chi connectivity index (χ1v) is 6.88. The van der Waals surface area contributed by atoms with Gasteiger partial charge in [0.15, 0.2) is 0 Å². The zero-order chi connectivity index (χ0) is 11.7. The zero-order valence-electron chi connectivity index (χ0n) is 10.7. The maximum absolute atomic E-state index is 4.39. The fourth-order valence-corrected chi connectivity index (χ4v) is 3.13. The van der Waals surface area contributed by atoms with Gasteiger partial charge in [-0.1, -0.05) is 0 Å². The molecule has 0 N–H and O–H groups in total. The molecule has 4 nitrogen and oxygen atoms in total. The first-order valence-electron chi connectivity index (χ1n) is 6.88. The summed E-state index contributed by atoms with van der Waals surface area (Å²) >= 11 is 0. The van der Waals surface area contributed by atoms with Gasteiger partial charge < -0.3 is 4.90 Å². The number of fused-ring (bicyclic) bond motifs is 1. The molecule has 4 heteroatoms. The van der Waals surface area contributed by atoms with Crippen molar-refractivity contribution < 1.29 is 0 Å². The Kier molecular flexibility index (Phi) is 3.05. The van der Waals surface area contributed by atoms with E-state index in [1.54, 1.807) is 0 Å². The van der Waals surface area contributed by atoms with E-state index in [4.69, 9.17) is 0 Å². The molecular weight excluding hydrogens is 212 g/mol. The summed E-state index contributed by atoms with van der Waals surface area (Å²) in [5.41, 5.74) is 1.31. The van der Waals surface area contributed by atoms with Crippen molar-refractivity contribution in [3.63, 3.8) is 0 Å². The molecule has 0 bridgehead atoms. The summed E-state index contributed by atoms with van der Waals surface area (Å²) in [6.07, 6.45) is 8.25. The Hall–Kier alpha value is -1.03. The Labute approximate surface area is 103 Å². The Morgan fingerprint density at radius 2 is 2.18 bits per heavy atom. The fourth-order valence-electron chi connectivity index (χ4n) is 3.13. The van der Waals surface area contributed by atoms with Crippen LogP contribution in [0.3, 0.4) is 0 Å². The minimum Gasteiger partial charge on any atom is -0.367 e. The van der Waals surface area contributed by atoms with Crippen LogP contribution in [0.4, 0.5) is 5.69 Å². The summed E-state index contributed by atoms with van der Waals surface area (Å²) in [4.78, 5) is 5.19. The van der Waals surface area contributed by atoms with Crippen LogP contribution in [0.5, 0.6) is 0 Å². The van der Waals surface area contributed by atoms with E-state index in [-0.39, 0.29) is 0 Å². The van der Waals surface area contributed by atoms with E-state index in [9.17, 15) is 0 Å². The molecule has 2 aliphatic heterocycles. The Morgan fingerprint density at radius 3 is 3.00 bits per heavy atom. The lowest BCUT2D eigenvalue weighted by atomic mass is 10.2. The van der Waals surface area contributed by atoms with Crippen molar-refractivity contribution in [1.29, 1.82) is 0 Å². The smallest absolute Gasteiger partial charge is 0.0753 e. The van der Waals surface area contributed by atoms with Gasteiger partial charge in [0, 0.05) is 38.4 Å². The molecule has 2 fully saturated rings. The minimum absolute atomic E-state index is 0.780. The largest absolute Gasteiger partial charge is 0.367 e. The molecule has 0 saturated carbocycles. The lowest BCUT2D eigenvalue weighted by Gasteiger charge is -2.26. The molecular formula is C13H22N4. The Balaban J connectivity index is 1.74. The fraction of sp³-hybridized carbons (Fsp3) is 0.769. The third-order valence-electron chi connectivity index (χ3n) is 4.11. The quantitative estimate of drug-likeness (QED) is 0.776. The highest BCUT2D eigenvalue weighted by molar-refractivity contribution is 5.42. The van der Waals surface area contributed by atoms with Crippen molar-refractivity contribution in [2.45, 2.75) is 38.8 Å². The summed E-state index contributed by atoms with van der Waals surface area (Å²) < 4.78 is 2.02. The summed E-state index contributed by atoms with van der Waals surface area (Å²) in [6, 6.07) is 0.780. The molecule has 3 heterocycles. The van der Waals surface area contributed by atoms with E-state index in [0.29, 0.717) is 0 Å². The molecule has 3 rings (SSSR count). The van der Waals surface area contributed by atoms with E-state index in [1.807, 2.05) is 10.9 Å². The van der Waals surface area contributed by atoms with E-state index in [1.165, 1.54) is 51.1 Å². The molecule has 0 amide bonds. The number of hydrogen-bond acceptors (Lipinski definition) is 3. The number of anilines is 1. The topological polar surface area (TPSA) is 24.3 Å². The van der Waals surface area contributed by atoms with Gasteiger partial charge in [-0.3, -0.25) is 9.58 Å². The van der Waals surface area contributed by atoms with Gasteiger partial charge in [-0.25, -0.2) is 0 Å². The standard InChI is InChI=1S/C13H22N4/c1-2-17-11-13(9-14-17)16-8-4-7-15-6-3-5-12(15)10-16/h9,11-12H,2-8,10H2,1H3. The summed E-state index contributed by atoms with van der Waals surface area (Å²) in [5, 5.41) is 4.39. The van der Waals surface area contributed by atoms with E-state index >= 15 is 0 Å². The Bertz CT molecular complexity index is 373. The van der Waals surface area contributed by atoms with Gasteiger partial charge in [0.2, 0.25) is 0 Å². The maximum Gasteiger partial charge on any atom is 0.0753 e. The molecule has 0 radical (unpaired) electrons. The number of nitrogens with zero attached hydrogens (tertiary/aromatic N) is 4. The number of rotatable bonds is 2. The van der Waals surface area contributed by atoms with Crippen LogP contribution in [0.1, 0.15) is 26.2 Å². The van der Waals surface area contributed by atoms with Gasteiger partial charge in [-0.05, 0) is 32.7 Å². The van der Waals surface area contributed by atoms with Crippen LogP contribution >= 0.6 is 0 Å². The van der Waals surface area contributed by atoms with E-state index in [0.717, 1.165) is 12.6 Å². The predicted molar refractivity (Wildman–Crippen MR) is 69.3 cm³/mol. The minimum atomic E-state index is 0.780. The van der Waals surface area contributed by atoms with Crippen LogP contribution in [0.25, 0.3) is 0 Å². The second kappa shape index (κ2) is 4.69. The number of hydrogen-bond donors (Lipinski definition) is 0. The zero-order valence-corrected chi connectivity index (χ0v) is 10.7. The molecule has 94 valence electrons. The highest BCUT2D eigenvalue weighted by Gasteiger charge is 2.28. The molecule has 1 aromatic heterocycles. The SMILES string of the molecule is CCn1cc(N2CCCN3CCCC3C2)cn1. The van der Waals surface area contributed by atoms with E-state index in [2.05, 4.69) is 28.0 Å². The average Bonchev–Trinajstić information content (AvgIpc) is 2.94. The highest BCUT2D eigenvalue weighted by Crippen LogP contribution is 2.24. The molecule has 2 saturated heterocycles. The average molecular weight is 234 g/mol. The van der Waals surface area contributed by atoms with Crippen LogP contribution in [0, 0.1) is 0 Å². The van der Waals surface area contributed by atoms with Crippen molar-refractivity contribution in [1.82, 2.24) is 14.7 Å². The van der Waals surface area contributed by atoms with Gasteiger partial charge in [0.25, 0.3) is 0 Å². The molecule has 0 aliphatic carbocycles. The van der Waals surface area contributed by atoms with Crippen molar-refractivity contribution >= 4 is 5.69 Å².